The van der Waals surface area contributed by atoms with Crippen molar-refractivity contribution in [2.45, 2.75) is 18.9 Å². The first-order valence-corrected chi connectivity index (χ1v) is 10.1. The molecule has 3 aromatic carbocycles. The summed E-state index contributed by atoms with van der Waals surface area (Å²) in [6.07, 6.45) is 2.54. The van der Waals surface area contributed by atoms with E-state index in [1.54, 1.807) is 7.11 Å². The second kappa shape index (κ2) is 8.93. The van der Waals surface area contributed by atoms with Crippen molar-refractivity contribution in [1.29, 1.82) is 0 Å². The van der Waals surface area contributed by atoms with E-state index in [9.17, 15) is 4.79 Å². The van der Waals surface area contributed by atoms with Crippen LogP contribution >= 0.6 is 0 Å². The Balaban J connectivity index is 1.39. The second-order valence-electron chi connectivity index (χ2n) is 7.39. The van der Waals surface area contributed by atoms with Crippen molar-refractivity contribution in [3.8, 4) is 11.1 Å². The first-order valence-electron chi connectivity index (χ1n) is 10.1. The number of nitrogens with zero attached hydrogens (tertiary/aromatic N) is 1. The quantitative estimate of drug-likeness (QED) is 0.653. The molecule has 0 spiro atoms. The third kappa shape index (κ3) is 4.66. The number of nitrogens with one attached hydrogen (secondary N) is 1. The van der Waals surface area contributed by atoms with Gasteiger partial charge in [-0.05, 0) is 60.4 Å². The predicted octanol–water partition coefficient (Wildman–Crippen LogP) is 5.22. The number of carbonyl (C=O) groups is 1. The van der Waals surface area contributed by atoms with Crippen LogP contribution in [0.3, 0.4) is 0 Å². The van der Waals surface area contributed by atoms with Crippen molar-refractivity contribution in [1.82, 2.24) is 0 Å². The number of ether oxygens (including phenoxy) is 1. The van der Waals surface area contributed by atoms with Crippen molar-refractivity contribution >= 4 is 17.3 Å². The van der Waals surface area contributed by atoms with Crippen LogP contribution in [-0.2, 0) is 4.74 Å². The smallest absolute Gasteiger partial charge is 0.255 e. The van der Waals surface area contributed by atoms with Gasteiger partial charge in [0.1, 0.15) is 0 Å². The largest absolute Gasteiger partial charge is 0.380 e. The molecule has 1 saturated heterocycles. The Morgan fingerprint density at radius 3 is 2.31 bits per heavy atom. The van der Waals surface area contributed by atoms with Crippen LogP contribution < -0.4 is 10.2 Å². The van der Waals surface area contributed by atoms with Gasteiger partial charge in [0.15, 0.2) is 0 Å². The predicted molar refractivity (Wildman–Crippen MR) is 119 cm³/mol. The maximum absolute atomic E-state index is 12.6. The van der Waals surface area contributed by atoms with Crippen LogP contribution in [0.1, 0.15) is 23.2 Å². The highest BCUT2D eigenvalue weighted by atomic mass is 16.5. The summed E-state index contributed by atoms with van der Waals surface area (Å²) in [5.41, 5.74) is 4.85. The van der Waals surface area contributed by atoms with Gasteiger partial charge in [-0.2, -0.15) is 0 Å². The van der Waals surface area contributed by atoms with E-state index in [2.05, 4.69) is 34.5 Å². The molecule has 3 aromatic rings. The molecule has 0 aliphatic carbocycles. The Hall–Kier alpha value is -3.11. The third-order valence-electron chi connectivity index (χ3n) is 5.46. The SMILES string of the molecule is COC1CCCN(c2ccc(NC(=O)c3ccc(-c4ccccc4)cc3)cc2)C1. The van der Waals surface area contributed by atoms with E-state index < -0.39 is 0 Å². The van der Waals surface area contributed by atoms with Gasteiger partial charge >= 0.3 is 0 Å². The Labute approximate surface area is 172 Å². The summed E-state index contributed by atoms with van der Waals surface area (Å²) in [7, 11) is 1.78. The van der Waals surface area contributed by atoms with Crippen molar-refractivity contribution in [2.24, 2.45) is 0 Å². The van der Waals surface area contributed by atoms with Gasteiger partial charge in [-0.1, -0.05) is 42.5 Å². The molecule has 1 aliphatic rings. The van der Waals surface area contributed by atoms with Gasteiger partial charge in [0.05, 0.1) is 6.10 Å². The number of piperidine rings is 1. The minimum Gasteiger partial charge on any atom is -0.380 e. The van der Waals surface area contributed by atoms with Gasteiger partial charge < -0.3 is 15.0 Å². The molecule has 148 valence electrons. The standard InChI is InChI=1S/C25H26N2O2/c1-29-24-8-5-17-27(18-24)23-15-13-22(14-16-23)26-25(28)21-11-9-20(10-12-21)19-6-3-2-4-7-19/h2-4,6-7,9-16,24H,5,8,17-18H2,1H3,(H,26,28). The molecule has 4 nitrogen and oxygen atoms in total. The number of hydrogen-bond acceptors (Lipinski definition) is 3. The maximum Gasteiger partial charge on any atom is 0.255 e. The second-order valence-corrected chi connectivity index (χ2v) is 7.39. The van der Waals surface area contributed by atoms with Crippen molar-refractivity contribution < 1.29 is 9.53 Å². The first-order chi connectivity index (χ1) is 14.2. The average Bonchev–Trinajstić information content (AvgIpc) is 2.80. The topological polar surface area (TPSA) is 41.6 Å². The molecule has 4 heteroatoms. The molecular formula is C25H26N2O2. The normalized spacial score (nSPS) is 16.4. The molecule has 1 fully saturated rings. The van der Waals surface area contributed by atoms with Crippen LogP contribution in [0, 0.1) is 0 Å². The molecule has 1 atom stereocenters. The molecule has 0 bridgehead atoms. The molecule has 4 rings (SSSR count). The van der Waals surface area contributed by atoms with Crippen molar-refractivity contribution in [2.75, 3.05) is 30.4 Å². The van der Waals surface area contributed by atoms with Gasteiger partial charge in [-0.25, -0.2) is 0 Å². The number of amides is 1. The highest BCUT2D eigenvalue weighted by molar-refractivity contribution is 6.04. The average molecular weight is 386 g/mol. The van der Waals surface area contributed by atoms with Crippen LogP contribution in [0.2, 0.25) is 0 Å². The molecule has 1 unspecified atom stereocenters. The number of carbonyl (C=O) groups excluding carboxylic acids is 1. The van der Waals surface area contributed by atoms with E-state index in [1.807, 2.05) is 54.6 Å². The third-order valence-corrected chi connectivity index (χ3v) is 5.46. The molecule has 0 aromatic heterocycles. The number of anilines is 2. The van der Waals surface area contributed by atoms with Gasteiger partial charge in [0.2, 0.25) is 0 Å². The molecule has 0 saturated carbocycles. The summed E-state index contributed by atoms with van der Waals surface area (Å²) >= 11 is 0. The monoisotopic (exact) mass is 386 g/mol. The fraction of sp³-hybridized carbons (Fsp3) is 0.240. The van der Waals surface area contributed by atoms with E-state index in [0.29, 0.717) is 11.7 Å². The van der Waals surface area contributed by atoms with Gasteiger partial charge in [-0.3, -0.25) is 4.79 Å². The van der Waals surface area contributed by atoms with Crippen LogP contribution in [0.15, 0.2) is 78.9 Å². The van der Waals surface area contributed by atoms with Gasteiger partial charge in [-0.15, -0.1) is 0 Å². The highest BCUT2D eigenvalue weighted by Crippen LogP contribution is 2.24. The lowest BCUT2D eigenvalue weighted by Crippen LogP contribution is -2.39. The Bertz CT molecular complexity index is 937. The minimum atomic E-state index is -0.102. The Morgan fingerprint density at radius 2 is 1.62 bits per heavy atom. The fourth-order valence-corrected chi connectivity index (χ4v) is 3.77. The summed E-state index contributed by atoms with van der Waals surface area (Å²) in [6.45, 7) is 1.95. The Kier molecular flexibility index (Phi) is 5.92. The molecular weight excluding hydrogens is 360 g/mol. The molecule has 29 heavy (non-hydrogen) atoms. The fourth-order valence-electron chi connectivity index (χ4n) is 3.77. The van der Waals surface area contributed by atoms with Crippen LogP contribution in [0.25, 0.3) is 11.1 Å². The molecule has 1 N–H and O–H groups in total. The van der Waals surface area contributed by atoms with E-state index in [0.717, 1.165) is 48.4 Å². The van der Waals surface area contributed by atoms with Crippen molar-refractivity contribution in [3.63, 3.8) is 0 Å². The minimum absolute atomic E-state index is 0.102. The van der Waals surface area contributed by atoms with Gasteiger partial charge in [0, 0.05) is 37.1 Å². The molecule has 1 heterocycles. The maximum atomic E-state index is 12.6. The molecule has 1 aliphatic heterocycles. The van der Waals surface area contributed by atoms with Gasteiger partial charge in [0.25, 0.3) is 5.91 Å². The Morgan fingerprint density at radius 1 is 0.931 bits per heavy atom. The lowest BCUT2D eigenvalue weighted by molar-refractivity contribution is 0.0893. The van der Waals surface area contributed by atoms with E-state index in [4.69, 9.17) is 4.74 Å². The van der Waals surface area contributed by atoms with Crippen LogP contribution in [0.5, 0.6) is 0 Å². The summed E-state index contributed by atoms with van der Waals surface area (Å²) in [6, 6.07) is 25.9. The highest BCUT2D eigenvalue weighted by Gasteiger charge is 2.19. The van der Waals surface area contributed by atoms with Crippen LogP contribution in [-0.4, -0.2) is 32.2 Å². The number of hydrogen-bond donors (Lipinski definition) is 1. The molecule has 0 radical (unpaired) electrons. The number of benzene rings is 3. The summed E-state index contributed by atoms with van der Waals surface area (Å²) in [4.78, 5) is 14.9. The van der Waals surface area contributed by atoms with E-state index in [-0.39, 0.29) is 5.91 Å². The number of rotatable bonds is 5. The zero-order valence-electron chi connectivity index (χ0n) is 16.7. The lowest BCUT2D eigenvalue weighted by Gasteiger charge is -2.33. The van der Waals surface area contributed by atoms with Crippen LogP contribution in [0.4, 0.5) is 11.4 Å². The molecule has 1 amide bonds. The summed E-state index contributed by atoms with van der Waals surface area (Å²) in [5, 5.41) is 2.99. The summed E-state index contributed by atoms with van der Waals surface area (Å²) in [5.74, 6) is -0.102. The van der Waals surface area contributed by atoms with E-state index >= 15 is 0 Å². The van der Waals surface area contributed by atoms with Crippen molar-refractivity contribution in [3.05, 3.63) is 84.4 Å². The van der Waals surface area contributed by atoms with E-state index in [1.165, 1.54) is 0 Å². The number of methoxy groups -OCH3 is 1. The zero-order chi connectivity index (χ0) is 20.1. The first kappa shape index (κ1) is 19.2. The zero-order valence-corrected chi connectivity index (χ0v) is 16.7. The lowest BCUT2D eigenvalue weighted by atomic mass is 10.0. The summed E-state index contributed by atoms with van der Waals surface area (Å²) < 4.78 is 5.51.